The number of anilines is 1. The molecule has 84 heavy (non-hydrogen) atoms. The lowest BCUT2D eigenvalue weighted by molar-refractivity contribution is -0.137. The molecule has 3 aromatic rings. The summed E-state index contributed by atoms with van der Waals surface area (Å²) in [4.78, 5) is 119. The Balaban J connectivity index is 0.868. The van der Waals surface area contributed by atoms with Gasteiger partial charge in [-0.25, -0.2) is 37.2 Å². The topological polar surface area (TPSA) is 547 Å². The van der Waals surface area contributed by atoms with Crippen LogP contribution in [0.1, 0.15) is 76.8 Å². The van der Waals surface area contributed by atoms with Crippen molar-refractivity contribution in [2.45, 2.75) is 108 Å². The van der Waals surface area contributed by atoms with Gasteiger partial charge in [0.15, 0.2) is 23.9 Å². The summed E-state index contributed by atoms with van der Waals surface area (Å²) < 4.78 is 152. The molecule has 2 aliphatic heterocycles. The van der Waals surface area contributed by atoms with Crippen molar-refractivity contribution in [2.75, 3.05) is 78.4 Å². The van der Waals surface area contributed by atoms with Crippen molar-refractivity contribution in [1.82, 2.24) is 29.1 Å². The molecule has 2 aliphatic rings. The number of aryl methyl sites for hydroxylation is 1. The summed E-state index contributed by atoms with van der Waals surface area (Å²) in [6.07, 6.45) is -6.79. The number of rotatable bonds is 40. The molecule has 0 aromatic carbocycles. The highest BCUT2D eigenvalue weighted by Crippen LogP contribution is 2.53. The molecule has 0 spiro atoms. The van der Waals surface area contributed by atoms with Crippen LogP contribution in [0.25, 0.3) is 11.2 Å². The largest absolute Gasteiger partial charge is 0.474 e. The van der Waals surface area contributed by atoms with Crippen LogP contribution in [0, 0.1) is 6.92 Å². The second-order valence-electron chi connectivity index (χ2n) is 18.0. The van der Waals surface area contributed by atoms with Crippen molar-refractivity contribution in [2.24, 2.45) is 0 Å². The van der Waals surface area contributed by atoms with Crippen molar-refractivity contribution >= 4 is 82.3 Å². The number of phosphoric acid groups is 6. The molecule has 13 atom stereocenters. The average Bonchev–Trinajstić information content (AvgIpc) is 2.10. The Morgan fingerprint density at radius 1 is 0.619 bits per heavy atom. The lowest BCUT2D eigenvalue weighted by Crippen LogP contribution is -2.33. The van der Waals surface area contributed by atoms with Crippen molar-refractivity contribution in [1.29, 1.82) is 0 Å². The van der Waals surface area contributed by atoms with Crippen LogP contribution in [0.4, 0.5) is 5.95 Å². The van der Waals surface area contributed by atoms with Gasteiger partial charge in [-0.05, 0) is 50.8 Å². The molecule has 39 nitrogen and oxygen atoms in total. The van der Waals surface area contributed by atoms with Gasteiger partial charge in [-0.1, -0.05) is 13.8 Å². The number of nitrogens with zero attached hydrogens (tertiary/aromatic N) is 4. The lowest BCUT2D eigenvalue weighted by atomic mass is 10.2. The second kappa shape index (κ2) is 32.1. The second-order valence-corrected chi connectivity index (χ2v) is 30.6. The third-order valence-corrected chi connectivity index (χ3v) is 20.5. The summed E-state index contributed by atoms with van der Waals surface area (Å²) in [5, 5.41) is 10.2. The van der Waals surface area contributed by atoms with E-state index in [0.717, 1.165) is 4.57 Å². The van der Waals surface area contributed by atoms with Crippen LogP contribution in [0.2, 0.25) is 0 Å². The number of aliphatic hydroxyl groups excluding tert-OH is 1. The zero-order chi connectivity index (χ0) is 62.3. The highest BCUT2D eigenvalue weighted by molar-refractivity contribution is 8.09. The Bertz CT molecular complexity index is 3190. The molecule has 482 valence electrons. The third kappa shape index (κ3) is 24.4. The molecule has 2 fully saturated rings. The Morgan fingerprint density at radius 3 is 1.48 bits per heavy atom. The summed E-state index contributed by atoms with van der Waals surface area (Å²) in [5.41, 5.74) is 3.27. The zero-order valence-corrected chi connectivity index (χ0v) is 51.8. The monoisotopic (exact) mass is 1370 g/mol. The van der Waals surface area contributed by atoms with Gasteiger partial charge in [0.25, 0.3) is 11.1 Å². The summed E-state index contributed by atoms with van der Waals surface area (Å²) in [6.45, 7) is -4.28. The van der Waals surface area contributed by atoms with Gasteiger partial charge in [0.2, 0.25) is 5.95 Å². The predicted octanol–water partition coefficient (Wildman–Crippen LogP) is 2.30. The molecule has 8 unspecified atom stereocenters. The molecule has 0 amide bonds. The molecular formula is C37H66N7O32P7S. The molecular weight excluding hydrogens is 1300 g/mol. The molecule has 5 rings (SSSR count). The van der Waals surface area contributed by atoms with Gasteiger partial charge in [0.05, 0.1) is 79.0 Å². The molecule has 0 radical (unpaired) electrons. The van der Waals surface area contributed by atoms with E-state index in [4.69, 9.17) is 85.8 Å². The first kappa shape index (κ1) is 72.7. The van der Waals surface area contributed by atoms with Gasteiger partial charge in [-0.3, -0.25) is 83.0 Å². The van der Waals surface area contributed by atoms with Crippen LogP contribution in [0.15, 0.2) is 26.9 Å². The fourth-order valence-corrected chi connectivity index (χ4v) is 12.8. The van der Waals surface area contributed by atoms with E-state index >= 15 is 0 Å². The molecule has 3 aromatic heterocycles. The van der Waals surface area contributed by atoms with Gasteiger partial charge < -0.3 is 59.1 Å². The van der Waals surface area contributed by atoms with E-state index in [2.05, 4.69) is 19.9 Å². The Morgan fingerprint density at radius 2 is 1.04 bits per heavy atom. The SMILES string of the molecule is Cc1cn([C@@H]2CC(O)[C@H](OP(=O)(O)OCCCOP(=O)(O)OCCCOP(=O)(O)OCCCOP(=O)(O)OCCCOP(=O)(O)OCCCOP(=O)(O)O[C@@H]3C[C@H](n4cnc5c(=O)[nH]c(N)nc54)O[C@@H]3COP(O)(=S)C(C)C)O2)c(=O)[nH]c1=O. The van der Waals surface area contributed by atoms with E-state index in [0.29, 0.717) is 0 Å². The van der Waals surface area contributed by atoms with Gasteiger partial charge in [-0.2, -0.15) is 4.98 Å². The zero-order valence-electron chi connectivity index (χ0n) is 44.7. The van der Waals surface area contributed by atoms with Gasteiger partial charge >= 0.3 is 52.6 Å². The number of aromatic amines is 2. The van der Waals surface area contributed by atoms with Crippen LogP contribution < -0.4 is 22.5 Å². The Hall–Kier alpha value is -2.06. The third-order valence-electron chi connectivity index (χ3n) is 11.0. The minimum absolute atomic E-state index is 0.0417. The van der Waals surface area contributed by atoms with Gasteiger partial charge in [0.1, 0.15) is 30.8 Å². The number of ether oxygens (including phenoxy) is 2. The number of imidazole rings is 1. The van der Waals surface area contributed by atoms with E-state index in [1.807, 2.05) is 0 Å². The minimum Gasteiger partial charge on any atom is -0.388 e. The Labute approximate surface area is 481 Å². The fraction of sp³-hybridized carbons (Fsp3) is 0.757. The van der Waals surface area contributed by atoms with Crippen LogP contribution in [-0.2, 0) is 107 Å². The molecule has 47 heteroatoms. The first-order valence-electron chi connectivity index (χ1n) is 24.9. The molecule has 2 saturated heterocycles. The summed E-state index contributed by atoms with van der Waals surface area (Å²) in [7, 11) is -28.6. The maximum Gasteiger partial charge on any atom is 0.474 e. The van der Waals surface area contributed by atoms with Crippen molar-refractivity contribution in [3.05, 3.63) is 49.3 Å². The van der Waals surface area contributed by atoms with Crippen molar-refractivity contribution in [3.8, 4) is 0 Å². The number of aromatic nitrogens is 6. The normalized spacial score (nSPS) is 24.5. The number of phosphoric ester groups is 6. The summed E-state index contributed by atoms with van der Waals surface area (Å²) >= 11 is 5.19. The van der Waals surface area contributed by atoms with Crippen LogP contribution >= 0.6 is 53.4 Å². The van der Waals surface area contributed by atoms with E-state index in [-0.39, 0.29) is 74.2 Å². The van der Waals surface area contributed by atoms with Gasteiger partial charge in [0, 0.05) is 30.3 Å². The number of nitrogens with one attached hydrogen (secondary N) is 2. The van der Waals surface area contributed by atoms with Crippen molar-refractivity contribution < 1.29 is 135 Å². The highest BCUT2D eigenvalue weighted by atomic mass is 32.5. The molecule has 12 N–H and O–H groups in total. The smallest absolute Gasteiger partial charge is 0.388 e. The molecule has 0 saturated carbocycles. The number of fused-ring (bicyclic) bond motifs is 1. The summed E-state index contributed by atoms with van der Waals surface area (Å²) in [6, 6.07) is 0. The maximum atomic E-state index is 13.0. The molecule has 0 bridgehead atoms. The number of nitrogen functional groups attached to an aromatic ring is 1. The van der Waals surface area contributed by atoms with Gasteiger partial charge in [-0.15, -0.1) is 0 Å². The van der Waals surface area contributed by atoms with Crippen molar-refractivity contribution in [3.63, 3.8) is 0 Å². The Kier molecular flexibility index (Phi) is 27.8. The maximum absolute atomic E-state index is 13.0. The van der Waals surface area contributed by atoms with E-state index < -0.39 is 179 Å². The first-order valence-corrected chi connectivity index (χ1v) is 36.6. The van der Waals surface area contributed by atoms with Crippen LogP contribution in [0.5, 0.6) is 0 Å². The van der Waals surface area contributed by atoms with Crippen LogP contribution in [-0.4, -0.2) is 171 Å². The molecule has 5 heterocycles. The number of hydrogen-bond donors (Lipinski definition) is 11. The van der Waals surface area contributed by atoms with E-state index in [9.17, 15) is 81.1 Å². The first-order chi connectivity index (χ1) is 39.1. The minimum atomic E-state index is -4.89. The predicted molar refractivity (Wildman–Crippen MR) is 287 cm³/mol. The van der Waals surface area contributed by atoms with Crippen LogP contribution in [0.3, 0.4) is 0 Å². The quantitative estimate of drug-likeness (QED) is 0.0287. The van der Waals surface area contributed by atoms with E-state index in [1.54, 1.807) is 13.8 Å². The number of hydrogen-bond acceptors (Lipinski definition) is 29. The number of aliphatic hydroxyl groups is 1. The van der Waals surface area contributed by atoms with E-state index in [1.165, 1.54) is 24.0 Å². The summed E-state index contributed by atoms with van der Waals surface area (Å²) in [5.74, 6) is -0.211. The average molecular weight is 1370 g/mol. The number of nitrogens with two attached hydrogens (primary N) is 1. The highest BCUT2D eigenvalue weighted by Gasteiger charge is 2.44. The fourth-order valence-electron chi connectivity index (χ4n) is 6.91. The number of H-pyrrole nitrogens is 2. The molecule has 0 aliphatic carbocycles. The standard InChI is InChI=1S/C37H66N7O32P7S/c1-24(2)77(49,84)72-22-28-27(20-30(73-28)44-23-39-31-32(44)40-36(38)41-34(31)47)75-82(58,59)70-17-7-15-68-80(54,55)66-13-5-11-64-78(50,51)62-9-4-10-63-79(52,53)65-12-6-14-67-81(56,57)69-16-8-18-71-83(60,61)76-35-26(45)19-29(74-35)43-21-25(3)33(46)42-37(43)48/h21,23-24,26-30,35,45H,4-20,22H2,1-3H3,(H,49,84)(H,50,51)(H,52,53)(H,54,55)(H,56,57)(H,58,59)(H,60,61)(H,42,46,48)(H3,38,40,41,47)/t26?,27-,28-,29+,30-,35+,77?/m1/s1. The lowest BCUT2D eigenvalue weighted by Gasteiger charge is -2.25.